The Morgan fingerprint density at radius 1 is 1.27 bits per heavy atom. The Bertz CT molecular complexity index is 290. The lowest BCUT2D eigenvalue weighted by molar-refractivity contribution is -0.324. The largest absolute Gasteiger partial charge is 0.342 e. The van der Waals surface area contributed by atoms with Crippen LogP contribution in [0, 0.1) is 5.41 Å². The van der Waals surface area contributed by atoms with Crippen molar-refractivity contribution in [3.8, 4) is 0 Å². The molecule has 86 valence electrons. The Morgan fingerprint density at radius 3 is 2.33 bits per heavy atom. The van der Waals surface area contributed by atoms with E-state index in [1.807, 2.05) is 26.8 Å². The second kappa shape index (κ2) is 4.01. The van der Waals surface area contributed by atoms with Gasteiger partial charge in [0.2, 0.25) is 0 Å². The fraction of sp³-hybridized carbons (Fsp3) is 0.692. The van der Waals surface area contributed by atoms with Crippen molar-refractivity contribution in [1.29, 1.82) is 0 Å². The van der Waals surface area contributed by atoms with Gasteiger partial charge in [-0.2, -0.15) is 4.89 Å². The predicted octanol–water partition coefficient (Wildman–Crippen LogP) is 3.99. The maximum atomic E-state index is 5.37. The summed E-state index contributed by atoms with van der Waals surface area (Å²) in [5.41, 5.74) is 1.13. The highest BCUT2D eigenvalue weighted by molar-refractivity contribution is 5.27. The van der Waals surface area contributed by atoms with Crippen LogP contribution in [0.3, 0.4) is 0 Å². The molecular weight excluding hydrogens is 188 g/mol. The summed E-state index contributed by atoms with van der Waals surface area (Å²) >= 11 is 0. The van der Waals surface area contributed by atoms with Gasteiger partial charge in [0.05, 0.1) is 0 Å². The summed E-state index contributed by atoms with van der Waals surface area (Å²) in [6.07, 6.45) is 5.19. The van der Waals surface area contributed by atoms with E-state index in [1.54, 1.807) is 0 Å². The Hall–Kier alpha value is -0.760. The van der Waals surface area contributed by atoms with Crippen LogP contribution in [0.2, 0.25) is 0 Å². The molecule has 0 bridgehead atoms. The number of hydrogen-bond acceptors (Lipinski definition) is 2. The first kappa shape index (κ1) is 12.3. The van der Waals surface area contributed by atoms with E-state index < -0.39 is 0 Å². The highest BCUT2D eigenvalue weighted by Crippen LogP contribution is 2.34. The molecule has 0 radical (unpaired) electrons. The minimum absolute atomic E-state index is 0.162. The molecule has 0 atom stereocenters. The number of rotatable bonds is 2. The Balaban J connectivity index is 2.61. The zero-order valence-corrected chi connectivity index (χ0v) is 10.7. The second-order valence-corrected chi connectivity index (χ2v) is 5.94. The SMILES string of the molecule is CC1=CC(C)(C)CC(OOC(C)(C)C)=C1. The van der Waals surface area contributed by atoms with Crippen LogP contribution in [-0.4, -0.2) is 5.60 Å². The normalized spacial score (nSPS) is 20.7. The molecule has 0 aliphatic heterocycles. The van der Waals surface area contributed by atoms with Crippen molar-refractivity contribution >= 4 is 0 Å². The van der Waals surface area contributed by atoms with Gasteiger partial charge in [-0.1, -0.05) is 25.5 Å². The van der Waals surface area contributed by atoms with Crippen molar-refractivity contribution in [3.63, 3.8) is 0 Å². The van der Waals surface area contributed by atoms with Gasteiger partial charge in [0.15, 0.2) is 0 Å². The molecule has 2 heteroatoms. The third kappa shape index (κ3) is 4.52. The van der Waals surface area contributed by atoms with Crippen molar-refractivity contribution in [2.45, 2.75) is 53.6 Å². The molecule has 1 aliphatic carbocycles. The summed E-state index contributed by atoms with van der Waals surface area (Å²) in [6, 6.07) is 0. The molecule has 0 heterocycles. The van der Waals surface area contributed by atoms with E-state index in [4.69, 9.17) is 9.78 Å². The number of hydrogen-bond donors (Lipinski definition) is 0. The standard InChI is InChI=1S/C13H22O2/c1-10-7-11(9-13(5,6)8-10)14-15-12(2,3)4/h7-8H,9H2,1-6H3. The molecule has 0 spiro atoms. The van der Waals surface area contributed by atoms with Crippen molar-refractivity contribution in [3.05, 3.63) is 23.5 Å². The third-order valence-electron chi connectivity index (χ3n) is 2.04. The topological polar surface area (TPSA) is 18.5 Å². The molecular formula is C13H22O2. The fourth-order valence-corrected chi connectivity index (χ4v) is 1.70. The molecule has 15 heavy (non-hydrogen) atoms. The molecule has 0 aromatic rings. The highest BCUT2D eigenvalue weighted by Gasteiger charge is 2.24. The van der Waals surface area contributed by atoms with Crippen LogP contribution in [0.15, 0.2) is 23.5 Å². The smallest absolute Gasteiger partial charge is 0.143 e. The van der Waals surface area contributed by atoms with Crippen LogP contribution >= 0.6 is 0 Å². The van der Waals surface area contributed by atoms with Crippen LogP contribution in [0.25, 0.3) is 0 Å². The van der Waals surface area contributed by atoms with Crippen molar-refractivity contribution in [1.82, 2.24) is 0 Å². The van der Waals surface area contributed by atoms with Crippen LogP contribution in [0.4, 0.5) is 0 Å². The molecule has 0 aromatic carbocycles. The lowest BCUT2D eigenvalue weighted by atomic mass is 9.83. The van der Waals surface area contributed by atoms with E-state index in [-0.39, 0.29) is 11.0 Å². The van der Waals surface area contributed by atoms with Gasteiger partial charge in [-0.25, -0.2) is 0 Å². The van der Waals surface area contributed by atoms with Gasteiger partial charge in [-0.15, -0.1) is 0 Å². The zero-order chi connectivity index (χ0) is 11.7. The van der Waals surface area contributed by atoms with Gasteiger partial charge in [-0.3, -0.25) is 0 Å². The minimum atomic E-state index is -0.264. The minimum Gasteiger partial charge on any atom is -0.342 e. The van der Waals surface area contributed by atoms with Gasteiger partial charge in [0, 0.05) is 6.42 Å². The molecule has 0 saturated carbocycles. The third-order valence-corrected chi connectivity index (χ3v) is 2.04. The molecule has 0 unspecified atom stereocenters. The van der Waals surface area contributed by atoms with Crippen LogP contribution in [0.5, 0.6) is 0 Å². The molecule has 1 rings (SSSR count). The van der Waals surface area contributed by atoms with Crippen molar-refractivity contribution in [2.24, 2.45) is 5.41 Å². The summed E-state index contributed by atoms with van der Waals surface area (Å²) < 4.78 is 0. The molecule has 0 saturated heterocycles. The van der Waals surface area contributed by atoms with Crippen molar-refractivity contribution < 1.29 is 9.78 Å². The Morgan fingerprint density at radius 2 is 1.87 bits per heavy atom. The molecule has 0 fully saturated rings. The van der Waals surface area contributed by atoms with E-state index in [2.05, 4.69) is 26.8 Å². The first-order valence-electron chi connectivity index (χ1n) is 5.44. The van der Waals surface area contributed by atoms with Crippen LogP contribution in [-0.2, 0) is 9.78 Å². The van der Waals surface area contributed by atoms with Crippen LogP contribution < -0.4 is 0 Å². The van der Waals surface area contributed by atoms with Gasteiger partial charge >= 0.3 is 0 Å². The molecule has 2 nitrogen and oxygen atoms in total. The molecule has 1 aliphatic rings. The zero-order valence-electron chi connectivity index (χ0n) is 10.7. The average molecular weight is 210 g/mol. The molecule has 0 amide bonds. The summed E-state index contributed by atoms with van der Waals surface area (Å²) in [5.74, 6) is 0.912. The first-order chi connectivity index (χ1) is 6.68. The predicted molar refractivity (Wildman–Crippen MR) is 62.2 cm³/mol. The van der Waals surface area contributed by atoms with E-state index >= 15 is 0 Å². The monoisotopic (exact) mass is 210 g/mol. The van der Waals surface area contributed by atoms with Gasteiger partial charge in [-0.05, 0) is 39.2 Å². The van der Waals surface area contributed by atoms with Crippen LogP contribution in [0.1, 0.15) is 48.0 Å². The first-order valence-corrected chi connectivity index (χ1v) is 5.44. The van der Waals surface area contributed by atoms with Gasteiger partial charge < -0.3 is 4.89 Å². The molecule has 0 aromatic heterocycles. The van der Waals surface area contributed by atoms with Crippen molar-refractivity contribution in [2.75, 3.05) is 0 Å². The van der Waals surface area contributed by atoms with Gasteiger partial charge in [0.1, 0.15) is 11.4 Å². The summed E-state index contributed by atoms with van der Waals surface area (Å²) in [6.45, 7) is 12.4. The lowest BCUT2D eigenvalue weighted by Crippen LogP contribution is -2.21. The fourth-order valence-electron chi connectivity index (χ4n) is 1.70. The highest BCUT2D eigenvalue weighted by atomic mass is 17.2. The summed E-state index contributed by atoms with van der Waals surface area (Å²) in [4.78, 5) is 10.7. The average Bonchev–Trinajstić information content (AvgIpc) is 1.95. The van der Waals surface area contributed by atoms with E-state index in [1.165, 1.54) is 5.57 Å². The maximum absolute atomic E-state index is 5.37. The Labute approximate surface area is 92.9 Å². The van der Waals surface area contributed by atoms with Gasteiger partial charge in [0.25, 0.3) is 0 Å². The lowest BCUT2D eigenvalue weighted by Gasteiger charge is -2.27. The quantitative estimate of drug-likeness (QED) is 0.506. The van der Waals surface area contributed by atoms with E-state index in [0.717, 1.165) is 12.2 Å². The summed E-state index contributed by atoms with van der Waals surface area (Å²) in [5, 5.41) is 0. The second-order valence-electron chi connectivity index (χ2n) is 5.94. The maximum Gasteiger partial charge on any atom is 0.143 e. The molecule has 0 N–H and O–H groups in total. The summed E-state index contributed by atoms with van der Waals surface area (Å²) in [7, 11) is 0. The Kier molecular flexibility index (Phi) is 3.29. The van der Waals surface area contributed by atoms with E-state index in [9.17, 15) is 0 Å². The number of allylic oxidation sites excluding steroid dienone is 4. The van der Waals surface area contributed by atoms with E-state index in [0.29, 0.717) is 0 Å².